The SMILES string of the molecule is CCCCCCCn1[nH]c(C(=O)O)c(N)c1=O. The van der Waals surface area contributed by atoms with Gasteiger partial charge in [-0.3, -0.25) is 14.6 Å². The number of aromatic nitrogens is 2. The molecule has 1 rings (SSSR count). The molecule has 1 aromatic rings. The van der Waals surface area contributed by atoms with Gasteiger partial charge in [-0.15, -0.1) is 0 Å². The van der Waals surface area contributed by atoms with Crippen LogP contribution in [0, 0.1) is 0 Å². The summed E-state index contributed by atoms with van der Waals surface area (Å²) in [7, 11) is 0. The van der Waals surface area contributed by atoms with Crippen LogP contribution >= 0.6 is 0 Å². The molecule has 6 heteroatoms. The molecule has 0 fully saturated rings. The minimum Gasteiger partial charge on any atom is -0.476 e. The van der Waals surface area contributed by atoms with E-state index in [0.29, 0.717) is 6.54 Å². The van der Waals surface area contributed by atoms with E-state index in [0.717, 1.165) is 19.3 Å². The predicted molar refractivity (Wildman–Crippen MR) is 65.2 cm³/mol. The Morgan fingerprint density at radius 3 is 2.53 bits per heavy atom. The number of aromatic carboxylic acids is 1. The second-order valence-electron chi connectivity index (χ2n) is 4.08. The van der Waals surface area contributed by atoms with Crippen molar-refractivity contribution >= 4 is 11.7 Å². The number of nitrogens with two attached hydrogens (primary N) is 1. The molecule has 0 bridgehead atoms. The number of nitrogens with zero attached hydrogens (tertiary/aromatic N) is 1. The summed E-state index contributed by atoms with van der Waals surface area (Å²) >= 11 is 0. The van der Waals surface area contributed by atoms with Gasteiger partial charge < -0.3 is 10.8 Å². The number of aromatic amines is 1. The minimum atomic E-state index is -1.20. The Morgan fingerprint density at radius 1 is 1.35 bits per heavy atom. The largest absolute Gasteiger partial charge is 0.476 e. The number of rotatable bonds is 7. The van der Waals surface area contributed by atoms with Gasteiger partial charge in [-0.25, -0.2) is 4.79 Å². The topological polar surface area (TPSA) is 101 Å². The third kappa shape index (κ3) is 3.37. The van der Waals surface area contributed by atoms with Crippen LogP contribution in [0.15, 0.2) is 4.79 Å². The summed E-state index contributed by atoms with van der Waals surface area (Å²) in [5, 5.41) is 11.3. The monoisotopic (exact) mass is 241 g/mol. The van der Waals surface area contributed by atoms with Crippen molar-refractivity contribution in [2.45, 2.75) is 45.6 Å². The lowest BCUT2D eigenvalue weighted by molar-refractivity contribution is 0.0690. The fourth-order valence-electron chi connectivity index (χ4n) is 1.69. The molecular weight excluding hydrogens is 222 g/mol. The van der Waals surface area contributed by atoms with Crippen LogP contribution in [0.25, 0.3) is 0 Å². The number of nitrogen functional groups attached to an aromatic ring is 1. The van der Waals surface area contributed by atoms with Gasteiger partial charge >= 0.3 is 5.97 Å². The van der Waals surface area contributed by atoms with Gasteiger partial charge in [-0.2, -0.15) is 0 Å². The van der Waals surface area contributed by atoms with Crippen LogP contribution in [0.5, 0.6) is 0 Å². The van der Waals surface area contributed by atoms with Gasteiger partial charge in [0.2, 0.25) is 0 Å². The summed E-state index contributed by atoms with van der Waals surface area (Å²) in [5.41, 5.74) is 4.53. The van der Waals surface area contributed by atoms with E-state index < -0.39 is 11.5 Å². The predicted octanol–water partition coefficient (Wildman–Crippen LogP) is 1.43. The van der Waals surface area contributed by atoms with Gasteiger partial charge in [0.1, 0.15) is 5.69 Å². The fraction of sp³-hybridized carbons (Fsp3) is 0.636. The molecule has 1 aromatic heterocycles. The van der Waals surface area contributed by atoms with Crippen molar-refractivity contribution in [1.29, 1.82) is 0 Å². The molecule has 0 unspecified atom stereocenters. The second kappa shape index (κ2) is 6.12. The van der Waals surface area contributed by atoms with Gasteiger partial charge in [0.05, 0.1) is 0 Å². The number of unbranched alkanes of at least 4 members (excludes halogenated alkanes) is 4. The number of aryl methyl sites for hydroxylation is 1. The van der Waals surface area contributed by atoms with E-state index in [1.807, 2.05) is 0 Å². The van der Waals surface area contributed by atoms with Gasteiger partial charge in [0, 0.05) is 6.54 Å². The maximum absolute atomic E-state index is 11.6. The highest BCUT2D eigenvalue weighted by molar-refractivity contribution is 5.90. The molecule has 17 heavy (non-hydrogen) atoms. The Kier molecular flexibility index (Phi) is 4.81. The number of hydrogen-bond acceptors (Lipinski definition) is 3. The van der Waals surface area contributed by atoms with E-state index in [9.17, 15) is 9.59 Å². The number of carbonyl (C=O) groups is 1. The maximum Gasteiger partial charge on any atom is 0.356 e. The summed E-state index contributed by atoms with van der Waals surface area (Å²) in [5.74, 6) is -1.20. The molecule has 4 N–H and O–H groups in total. The summed E-state index contributed by atoms with van der Waals surface area (Å²) in [4.78, 5) is 22.3. The molecule has 0 atom stereocenters. The first kappa shape index (κ1) is 13.3. The molecule has 0 saturated carbocycles. The Balaban J connectivity index is 2.57. The van der Waals surface area contributed by atoms with E-state index in [1.165, 1.54) is 17.5 Å². The molecule has 0 aliphatic carbocycles. The first-order valence-corrected chi connectivity index (χ1v) is 5.89. The van der Waals surface area contributed by atoms with Crippen LogP contribution in [0.3, 0.4) is 0 Å². The van der Waals surface area contributed by atoms with Crippen LogP contribution in [-0.4, -0.2) is 20.9 Å². The quantitative estimate of drug-likeness (QED) is 0.628. The zero-order chi connectivity index (χ0) is 12.8. The third-order valence-electron chi connectivity index (χ3n) is 2.69. The van der Waals surface area contributed by atoms with E-state index in [-0.39, 0.29) is 11.4 Å². The second-order valence-corrected chi connectivity index (χ2v) is 4.08. The van der Waals surface area contributed by atoms with Gasteiger partial charge in [-0.05, 0) is 6.42 Å². The average Bonchev–Trinajstić information content (AvgIpc) is 2.57. The number of carboxylic acids is 1. The number of nitrogens with one attached hydrogen (secondary N) is 1. The lowest BCUT2D eigenvalue weighted by Gasteiger charge is -2.01. The highest BCUT2D eigenvalue weighted by atomic mass is 16.4. The van der Waals surface area contributed by atoms with E-state index in [4.69, 9.17) is 10.8 Å². The van der Waals surface area contributed by atoms with Crippen LogP contribution < -0.4 is 11.3 Å². The van der Waals surface area contributed by atoms with Crippen LogP contribution in [0.1, 0.15) is 49.5 Å². The van der Waals surface area contributed by atoms with Gasteiger partial charge in [-0.1, -0.05) is 32.6 Å². The summed E-state index contributed by atoms with van der Waals surface area (Å²) < 4.78 is 1.27. The Morgan fingerprint density at radius 2 is 2.00 bits per heavy atom. The summed E-state index contributed by atoms with van der Waals surface area (Å²) in [6, 6.07) is 0. The summed E-state index contributed by atoms with van der Waals surface area (Å²) in [6.45, 7) is 2.62. The first-order valence-electron chi connectivity index (χ1n) is 5.89. The smallest absolute Gasteiger partial charge is 0.356 e. The zero-order valence-electron chi connectivity index (χ0n) is 10.0. The Bertz CT molecular complexity index is 434. The molecule has 6 nitrogen and oxygen atoms in total. The van der Waals surface area contributed by atoms with Crippen LogP contribution in [0.2, 0.25) is 0 Å². The van der Waals surface area contributed by atoms with Gasteiger partial charge in [0.25, 0.3) is 5.56 Å². The van der Waals surface area contributed by atoms with Crippen molar-refractivity contribution in [3.05, 3.63) is 16.0 Å². The lowest BCUT2D eigenvalue weighted by Crippen LogP contribution is -2.18. The molecule has 0 saturated heterocycles. The molecule has 0 spiro atoms. The fourth-order valence-corrected chi connectivity index (χ4v) is 1.69. The summed E-state index contributed by atoms with van der Waals surface area (Å²) in [6.07, 6.45) is 5.36. The third-order valence-corrected chi connectivity index (χ3v) is 2.69. The highest BCUT2D eigenvalue weighted by Crippen LogP contribution is 2.06. The zero-order valence-corrected chi connectivity index (χ0v) is 10.0. The van der Waals surface area contributed by atoms with Crippen molar-refractivity contribution in [2.75, 3.05) is 5.73 Å². The molecule has 0 aliphatic heterocycles. The molecule has 96 valence electrons. The van der Waals surface area contributed by atoms with Crippen molar-refractivity contribution in [2.24, 2.45) is 0 Å². The van der Waals surface area contributed by atoms with Crippen molar-refractivity contribution in [3.8, 4) is 0 Å². The van der Waals surface area contributed by atoms with Crippen molar-refractivity contribution in [3.63, 3.8) is 0 Å². The lowest BCUT2D eigenvalue weighted by atomic mass is 10.1. The Labute approximate surface area is 99.4 Å². The molecule has 0 aromatic carbocycles. The van der Waals surface area contributed by atoms with Gasteiger partial charge in [0.15, 0.2) is 5.69 Å². The van der Waals surface area contributed by atoms with E-state index in [2.05, 4.69) is 12.0 Å². The molecular formula is C11H19N3O3. The molecule has 1 heterocycles. The van der Waals surface area contributed by atoms with Crippen LogP contribution in [0.4, 0.5) is 5.69 Å². The van der Waals surface area contributed by atoms with Crippen molar-refractivity contribution < 1.29 is 9.90 Å². The number of hydrogen-bond donors (Lipinski definition) is 3. The molecule has 0 aliphatic rings. The normalized spacial score (nSPS) is 10.6. The first-order chi connectivity index (χ1) is 8.07. The number of anilines is 1. The molecule has 0 amide bonds. The Hall–Kier alpha value is -1.72. The average molecular weight is 241 g/mol. The van der Waals surface area contributed by atoms with Crippen molar-refractivity contribution in [1.82, 2.24) is 9.78 Å². The maximum atomic E-state index is 11.6. The molecule has 0 radical (unpaired) electrons. The highest BCUT2D eigenvalue weighted by Gasteiger charge is 2.16. The number of H-pyrrole nitrogens is 1. The van der Waals surface area contributed by atoms with Crippen LogP contribution in [-0.2, 0) is 6.54 Å². The number of carboxylic acid groups (broad SMARTS) is 1. The van der Waals surface area contributed by atoms with E-state index >= 15 is 0 Å². The standard InChI is InChI=1S/C11H19N3O3/c1-2-3-4-5-6-7-14-10(15)8(12)9(13-14)11(16)17/h13H,2-7,12H2,1H3,(H,16,17). The minimum absolute atomic E-state index is 0.217. The van der Waals surface area contributed by atoms with E-state index in [1.54, 1.807) is 0 Å².